The molecule has 94 valence electrons. The van der Waals surface area contributed by atoms with Crippen molar-refractivity contribution in [3.63, 3.8) is 0 Å². The highest BCUT2D eigenvalue weighted by molar-refractivity contribution is 7.89. The van der Waals surface area contributed by atoms with E-state index < -0.39 is 10.0 Å². The third-order valence-electron chi connectivity index (χ3n) is 2.74. The maximum Gasteiger partial charge on any atom is 0.240 e. The highest BCUT2D eigenvalue weighted by Gasteiger charge is 2.21. The molecule has 1 atom stereocenters. The first-order valence-corrected chi connectivity index (χ1v) is 7.43. The van der Waals surface area contributed by atoms with Crippen molar-refractivity contribution in [3.8, 4) is 0 Å². The van der Waals surface area contributed by atoms with Crippen LogP contribution < -0.4 is 10.0 Å². The summed E-state index contributed by atoms with van der Waals surface area (Å²) >= 11 is 5.73. The molecule has 0 aliphatic carbocycles. The molecule has 2 rings (SSSR count). The zero-order valence-corrected chi connectivity index (χ0v) is 10.9. The molecule has 0 aromatic heterocycles. The van der Waals surface area contributed by atoms with Gasteiger partial charge in [0.15, 0.2) is 0 Å². The van der Waals surface area contributed by atoms with Crippen LogP contribution in [0.25, 0.3) is 0 Å². The molecule has 1 aromatic rings. The van der Waals surface area contributed by atoms with Gasteiger partial charge >= 0.3 is 0 Å². The van der Waals surface area contributed by atoms with Crippen molar-refractivity contribution < 1.29 is 8.42 Å². The second-order valence-electron chi connectivity index (χ2n) is 4.12. The molecule has 1 aliphatic heterocycles. The molecule has 0 unspecified atom stereocenters. The summed E-state index contributed by atoms with van der Waals surface area (Å²) < 4.78 is 26.8. The van der Waals surface area contributed by atoms with Crippen LogP contribution in [0.3, 0.4) is 0 Å². The number of hydrogen-bond donors (Lipinski definition) is 2. The van der Waals surface area contributed by atoms with E-state index in [1.165, 1.54) is 12.1 Å². The fraction of sp³-hybridized carbons (Fsp3) is 0.455. The van der Waals surface area contributed by atoms with Crippen molar-refractivity contribution >= 4 is 21.6 Å². The molecule has 17 heavy (non-hydrogen) atoms. The van der Waals surface area contributed by atoms with E-state index in [1.807, 2.05) is 0 Å². The summed E-state index contributed by atoms with van der Waals surface area (Å²) in [5.74, 6) is 0. The molecule has 2 N–H and O–H groups in total. The summed E-state index contributed by atoms with van der Waals surface area (Å²) in [5.41, 5.74) is 0. The van der Waals surface area contributed by atoms with Crippen molar-refractivity contribution in [1.82, 2.24) is 10.0 Å². The van der Waals surface area contributed by atoms with E-state index in [2.05, 4.69) is 10.0 Å². The lowest BCUT2D eigenvalue weighted by atomic mass is 10.1. The zero-order valence-electron chi connectivity index (χ0n) is 9.32. The molecule has 6 heteroatoms. The highest BCUT2D eigenvalue weighted by atomic mass is 35.5. The van der Waals surface area contributed by atoms with E-state index in [-0.39, 0.29) is 10.9 Å². The first kappa shape index (κ1) is 12.8. The van der Waals surface area contributed by atoms with Crippen LogP contribution in [0, 0.1) is 0 Å². The molecule has 0 radical (unpaired) electrons. The van der Waals surface area contributed by atoms with Crippen LogP contribution >= 0.6 is 11.6 Å². The summed E-state index contributed by atoms with van der Waals surface area (Å²) in [6.07, 6.45) is 1.87. The van der Waals surface area contributed by atoms with E-state index in [0.717, 1.165) is 19.4 Å². The second kappa shape index (κ2) is 5.35. The first-order chi connectivity index (χ1) is 8.08. The zero-order chi connectivity index (χ0) is 12.3. The fourth-order valence-corrected chi connectivity index (χ4v) is 3.25. The standard InChI is InChI=1S/C11H15ClN2O2S/c12-9-3-5-11(6-4-9)17(15,16)14-10-2-1-7-13-8-10/h3-6,10,13-14H,1-2,7-8H2/t10-/m0/s1. The average molecular weight is 275 g/mol. The Hall–Kier alpha value is -0.620. The van der Waals surface area contributed by atoms with Crippen LogP contribution in [0.15, 0.2) is 29.2 Å². The van der Waals surface area contributed by atoms with Gasteiger partial charge in [0.25, 0.3) is 0 Å². The van der Waals surface area contributed by atoms with Crippen molar-refractivity contribution in [1.29, 1.82) is 0 Å². The summed E-state index contributed by atoms with van der Waals surface area (Å²) in [6.45, 7) is 1.64. The molecule has 1 heterocycles. The number of nitrogens with one attached hydrogen (secondary N) is 2. The SMILES string of the molecule is O=S(=O)(N[C@H]1CCCNC1)c1ccc(Cl)cc1. The maximum absolute atomic E-state index is 12.0. The smallest absolute Gasteiger partial charge is 0.240 e. The van der Waals surface area contributed by atoms with Crippen LogP contribution in [0.5, 0.6) is 0 Å². The number of sulfonamides is 1. The van der Waals surface area contributed by atoms with E-state index in [9.17, 15) is 8.42 Å². The summed E-state index contributed by atoms with van der Waals surface area (Å²) in [7, 11) is -3.43. The molecule has 1 aliphatic rings. The third-order valence-corrected chi connectivity index (χ3v) is 4.53. The molecule has 0 amide bonds. The van der Waals surface area contributed by atoms with E-state index >= 15 is 0 Å². The minimum atomic E-state index is -3.43. The van der Waals surface area contributed by atoms with E-state index in [1.54, 1.807) is 12.1 Å². The van der Waals surface area contributed by atoms with Gasteiger partial charge in [-0.25, -0.2) is 13.1 Å². The van der Waals surface area contributed by atoms with Gasteiger partial charge in [0.05, 0.1) is 4.90 Å². The van der Waals surface area contributed by atoms with Gasteiger partial charge in [-0.05, 0) is 43.7 Å². The Labute approximate surface area is 106 Å². The molecular formula is C11H15ClN2O2S. The lowest BCUT2D eigenvalue weighted by Crippen LogP contribution is -2.45. The third kappa shape index (κ3) is 3.42. The minimum absolute atomic E-state index is 0.0237. The predicted octanol–water partition coefficient (Wildman–Crippen LogP) is 1.37. The van der Waals surface area contributed by atoms with Crippen molar-refractivity contribution in [3.05, 3.63) is 29.3 Å². The molecule has 4 nitrogen and oxygen atoms in total. The Morgan fingerprint density at radius 3 is 2.59 bits per heavy atom. The lowest BCUT2D eigenvalue weighted by Gasteiger charge is -2.23. The number of hydrogen-bond acceptors (Lipinski definition) is 3. The number of benzene rings is 1. The second-order valence-corrected chi connectivity index (χ2v) is 6.27. The van der Waals surface area contributed by atoms with Gasteiger partial charge in [0.2, 0.25) is 10.0 Å². The normalized spacial score (nSPS) is 21.4. The Kier molecular flexibility index (Phi) is 4.04. The number of rotatable bonds is 3. The van der Waals surface area contributed by atoms with Gasteiger partial charge in [0.1, 0.15) is 0 Å². The molecule has 0 bridgehead atoms. The predicted molar refractivity (Wildman–Crippen MR) is 67.7 cm³/mol. The molecule has 0 spiro atoms. The van der Waals surface area contributed by atoms with Gasteiger partial charge < -0.3 is 5.32 Å². The highest BCUT2D eigenvalue weighted by Crippen LogP contribution is 2.15. The maximum atomic E-state index is 12.0. The van der Waals surface area contributed by atoms with Crippen molar-refractivity contribution in [2.24, 2.45) is 0 Å². The largest absolute Gasteiger partial charge is 0.315 e. The fourth-order valence-electron chi connectivity index (χ4n) is 1.85. The van der Waals surface area contributed by atoms with Gasteiger partial charge in [-0.15, -0.1) is 0 Å². The van der Waals surface area contributed by atoms with Crippen molar-refractivity contribution in [2.45, 2.75) is 23.8 Å². The Balaban J connectivity index is 2.10. The minimum Gasteiger partial charge on any atom is -0.315 e. The Morgan fingerprint density at radius 1 is 1.29 bits per heavy atom. The molecule has 1 aromatic carbocycles. The van der Waals surface area contributed by atoms with Gasteiger partial charge in [0, 0.05) is 17.6 Å². The van der Waals surface area contributed by atoms with E-state index in [4.69, 9.17) is 11.6 Å². The molecule has 1 fully saturated rings. The number of piperidine rings is 1. The summed E-state index contributed by atoms with van der Waals surface area (Å²) in [6, 6.07) is 6.16. The average Bonchev–Trinajstić information content (AvgIpc) is 2.30. The van der Waals surface area contributed by atoms with Crippen LogP contribution in [-0.4, -0.2) is 27.5 Å². The van der Waals surface area contributed by atoms with Crippen LogP contribution in [-0.2, 0) is 10.0 Å². The summed E-state index contributed by atoms with van der Waals surface area (Å²) in [4.78, 5) is 0.257. The van der Waals surface area contributed by atoms with Crippen LogP contribution in [0.4, 0.5) is 0 Å². The first-order valence-electron chi connectivity index (χ1n) is 5.56. The summed E-state index contributed by atoms with van der Waals surface area (Å²) in [5, 5.41) is 3.70. The van der Waals surface area contributed by atoms with E-state index in [0.29, 0.717) is 11.6 Å². The van der Waals surface area contributed by atoms with Crippen LogP contribution in [0.2, 0.25) is 5.02 Å². The topological polar surface area (TPSA) is 58.2 Å². The van der Waals surface area contributed by atoms with Gasteiger partial charge in [-0.1, -0.05) is 11.6 Å². The number of halogens is 1. The Morgan fingerprint density at radius 2 is 2.00 bits per heavy atom. The van der Waals surface area contributed by atoms with Crippen LogP contribution in [0.1, 0.15) is 12.8 Å². The quantitative estimate of drug-likeness (QED) is 0.875. The van der Waals surface area contributed by atoms with Gasteiger partial charge in [-0.3, -0.25) is 0 Å². The monoisotopic (exact) mass is 274 g/mol. The molecule has 1 saturated heterocycles. The Bertz CT molecular complexity index is 467. The van der Waals surface area contributed by atoms with Crippen molar-refractivity contribution in [2.75, 3.05) is 13.1 Å². The lowest BCUT2D eigenvalue weighted by molar-refractivity contribution is 0.428. The molecule has 0 saturated carbocycles. The molecular weight excluding hydrogens is 260 g/mol. The van der Waals surface area contributed by atoms with Gasteiger partial charge in [-0.2, -0.15) is 0 Å².